The van der Waals surface area contributed by atoms with Gasteiger partial charge in [-0.05, 0) is 0 Å². The molecule has 5 heteroatoms. The lowest BCUT2D eigenvalue weighted by atomic mass is 10.8. The Kier molecular flexibility index (Phi) is 1.67. The molecule has 0 N–H and O–H groups in total. The third-order valence-corrected chi connectivity index (χ3v) is 1.85. The van der Waals surface area contributed by atoms with Gasteiger partial charge in [-0.3, -0.25) is 0 Å². The molecule has 10 heavy (non-hydrogen) atoms. The SMILES string of the molecule is CS(=O)(=O)c1cn[c]cn1. The normalized spacial score (nSPS) is 11.3. The van der Waals surface area contributed by atoms with Gasteiger partial charge in [-0.25, -0.2) is 18.4 Å². The van der Waals surface area contributed by atoms with E-state index in [1.165, 1.54) is 6.20 Å². The number of hydrogen-bond donors (Lipinski definition) is 0. The van der Waals surface area contributed by atoms with Gasteiger partial charge in [0.1, 0.15) is 6.20 Å². The minimum Gasteiger partial charge on any atom is -0.250 e. The van der Waals surface area contributed by atoms with Crippen molar-refractivity contribution in [2.75, 3.05) is 6.26 Å². The molecular formula is C5H5N2O2S. The maximum atomic E-state index is 10.7. The second-order valence-electron chi connectivity index (χ2n) is 1.76. The Balaban J connectivity index is 3.22. The number of sulfone groups is 1. The summed E-state index contributed by atoms with van der Waals surface area (Å²) in [6.45, 7) is 0. The van der Waals surface area contributed by atoms with Crippen LogP contribution in [-0.4, -0.2) is 24.6 Å². The van der Waals surface area contributed by atoms with Gasteiger partial charge in [-0.1, -0.05) is 0 Å². The van der Waals surface area contributed by atoms with E-state index >= 15 is 0 Å². The molecule has 0 bridgehead atoms. The fourth-order valence-electron chi connectivity index (χ4n) is 0.443. The number of nitrogens with zero attached hydrogens (tertiary/aromatic N) is 2. The molecule has 0 aromatic carbocycles. The van der Waals surface area contributed by atoms with Gasteiger partial charge < -0.3 is 0 Å². The van der Waals surface area contributed by atoms with Gasteiger partial charge in [-0.15, -0.1) is 0 Å². The van der Waals surface area contributed by atoms with Crippen LogP contribution in [0.15, 0.2) is 17.4 Å². The smallest absolute Gasteiger partial charge is 0.194 e. The van der Waals surface area contributed by atoms with Crippen molar-refractivity contribution in [3.05, 3.63) is 18.6 Å². The number of rotatable bonds is 1. The summed E-state index contributed by atoms with van der Waals surface area (Å²) in [4.78, 5) is 7.03. The van der Waals surface area contributed by atoms with Crippen molar-refractivity contribution < 1.29 is 8.42 Å². The molecule has 0 unspecified atom stereocenters. The lowest BCUT2D eigenvalue weighted by molar-refractivity contribution is 0.597. The summed E-state index contributed by atoms with van der Waals surface area (Å²) in [6, 6.07) is 0. The molecule has 1 radical (unpaired) electrons. The molecule has 1 heterocycles. The van der Waals surface area contributed by atoms with Gasteiger partial charge in [0, 0.05) is 6.26 Å². The van der Waals surface area contributed by atoms with E-state index in [4.69, 9.17) is 0 Å². The summed E-state index contributed by atoms with van der Waals surface area (Å²) in [7, 11) is -3.20. The zero-order valence-electron chi connectivity index (χ0n) is 5.27. The highest BCUT2D eigenvalue weighted by Gasteiger charge is 2.06. The van der Waals surface area contributed by atoms with Crippen molar-refractivity contribution in [1.29, 1.82) is 0 Å². The standard InChI is InChI=1S/C5H5N2O2S/c1-10(8,9)5-4-6-2-3-7-5/h3-4H,1H3. The van der Waals surface area contributed by atoms with Crippen molar-refractivity contribution in [2.24, 2.45) is 0 Å². The Labute approximate surface area is 58.9 Å². The second kappa shape index (κ2) is 2.34. The van der Waals surface area contributed by atoms with Crippen LogP contribution in [0.5, 0.6) is 0 Å². The Morgan fingerprint density at radius 1 is 1.60 bits per heavy atom. The average Bonchev–Trinajstić information content (AvgIpc) is 1.88. The van der Waals surface area contributed by atoms with E-state index < -0.39 is 9.84 Å². The molecule has 0 aliphatic rings. The molecule has 1 rings (SSSR count). The van der Waals surface area contributed by atoms with Crippen molar-refractivity contribution >= 4 is 9.84 Å². The molecule has 1 aromatic rings. The van der Waals surface area contributed by atoms with E-state index in [9.17, 15) is 8.42 Å². The van der Waals surface area contributed by atoms with Crippen LogP contribution in [0.2, 0.25) is 0 Å². The Hall–Kier alpha value is -0.970. The minimum absolute atomic E-state index is 0.0220. The van der Waals surface area contributed by atoms with E-state index in [1.807, 2.05) is 0 Å². The Morgan fingerprint density at radius 2 is 2.30 bits per heavy atom. The zero-order valence-corrected chi connectivity index (χ0v) is 6.09. The molecule has 0 spiro atoms. The minimum atomic E-state index is -3.20. The third-order valence-electron chi connectivity index (χ3n) is 0.879. The van der Waals surface area contributed by atoms with E-state index in [1.54, 1.807) is 0 Å². The fraction of sp³-hybridized carbons (Fsp3) is 0.200. The zero-order chi connectivity index (χ0) is 7.61. The maximum absolute atomic E-state index is 10.7. The van der Waals surface area contributed by atoms with Crippen molar-refractivity contribution in [3.8, 4) is 0 Å². The Bertz CT molecular complexity index is 306. The molecule has 0 atom stereocenters. The lowest BCUT2D eigenvalue weighted by Gasteiger charge is -1.91. The van der Waals surface area contributed by atoms with Gasteiger partial charge in [0.25, 0.3) is 0 Å². The van der Waals surface area contributed by atoms with Crippen molar-refractivity contribution in [2.45, 2.75) is 5.03 Å². The van der Waals surface area contributed by atoms with E-state index in [0.29, 0.717) is 0 Å². The molecule has 0 amide bonds. The van der Waals surface area contributed by atoms with Crippen molar-refractivity contribution in [3.63, 3.8) is 0 Å². The van der Waals surface area contributed by atoms with Crippen LogP contribution in [0.3, 0.4) is 0 Å². The van der Waals surface area contributed by atoms with Gasteiger partial charge >= 0.3 is 0 Å². The van der Waals surface area contributed by atoms with E-state index in [2.05, 4.69) is 16.2 Å². The summed E-state index contributed by atoms with van der Waals surface area (Å²) in [5.74, 6) is 0. The fourth-order valence-corrected chi connectivity index (χ4v) is 0.931. The van der Waals surface area contributed by atoms with Gasteiger partial charge in [0.05, 0.1) is 12.4 Å². The summed E-state index contributed by atoms with van der Waals surface area (Å²) < 4.78 is 21.4. The van der Waals surface area contributed by atoms with Crippen LogP contribution in [0.1, 0.15) is 0 Å². The van der Waals surface area contributed by atoms with Crippen LogP contribution < -0.4 is 0 Å². The highest BCUT2D eigenvalue weighted by atomic mass is 32.2. The Morgan fingerprint density at radius 3 is 2.60 bits per heavy atom. The van der Waals surface area contributed by atoms with Crippen molar-refractivity contribution in [1.82, 2.24) is 9.97 Å². The first-order valence-electron chi connectivity index (χ1n) is 2.49. The summed E-state index contributed by atoms with van der Waals surface area (Å²) in [6.07, 6.45) is 5.84. The van der Waals surface area contributed by atoms with Crippen LogP contribution in [0, 0.1) is 6.20 Å². The second-order valence-corrected chi connectivity index (χ2v) is 3.72. The van der Waals surface area contributed by atoms with Crippen LogP contribution in [0.25, 0.3) is 0 Å². The molecule has 4 nitrogen and oxygen atoms in total. The van der Waals surface area contributed by atoms with Crippen LogP contribution in [0.4, 0.5) is 0 Å². The van der Waals surface area contributed by atoms with E-state index in [-0.39, 0.29) is 5.03 Å². The lowest BCUT2D eigenvalue weighted by Crippen LogP contribution is -1.99. The highest BCUT2D eigenvalue weighted by molar-refractivity contribution is 7.90. The highest BCUT2D eigenvalue weighted by Crippen LogP contribution is 1.98. The number of hydrogen-bond acceptors (Lipinski definition) is 4. The molecular weight excluding hydrogens is 152 g/mol. The molecule has 0 aliphatic carbocycles. The predicted molar refractivity (Wildman–Crippen MR) is 34.0 cm³/mol. The van der Waals surface area contributed by atoms with Crippen LogP contribution in [-0.2, 0) is 9.84 Å². The first kappa shape index (κ1) is 7.14. The molecule has 0 fully saturated rings. The first-order valence-corrected chi connectivity index (χ1v) is 4.38. The van der Waals surface area contributed by atoms with Gasteiger partial charge in [0.2, 0.25) is 0 Å². The quantitative estimate of drug-likeness (QED) is 0.560. The van der Waals surface area contributed by atoms with Crippen LogP contribution >= 0.6 is 0 Å². The predicted octanol–water partition coefficient (Wildman–Crippen LogP) is -0.320. The van der Waals surface area contributed by atoms with Gasteiger partial charge in [-0.2, -0.15) is 0 Å². The molecule has 1 aromatic heterocycles. The maximum Gasteiger partial charge on any atom is 0.194 e. The summed E-state index contributed by atoms with van der Waals surface area (Å²) >= 11 is 0. The largest absolute Gasteiger partial charge is 0.250 e. The summed E-state index contributed by atoms with van der Waals surface area (Å²) in [5, 5.41) is -0.0220. The average molecular weight is 157 g/mol. The monoisotopic (exact) mass is 157 g/mol. The molecule has 53 valence electrons. The first-order chi connectivity index (χ1) is 4.61. The molecule has 0 saturated heterocycles. The molecule has 0 aliphatic heterocycles. The van der Waals surface area contributed by atoms with E-state index in [0.717, 1.165) is 12.5 Å². The number of aromatic nitrogens is 2. The third kappa shape index (κ3) is 1.51. The molecule has 0 saturated carbocycles. The topological polar surface area (TPSA) is 59.9 Å². The summed E-state index contributed by atoms with van der Waals surface area (Å²) in [5.41, 5.74) is 0. The van der Waals surface area contributed by atoms with Gasteiger partial charge in [0.15, 0.2) is 14.9 Å².